The summed E-state index contributed by atoms with van der Waals surface area (Å²) < 4.78 is 10.4. The number of rotatable bonds is 9. The third-order valence-corrected chi connectivity index (χ3v) is 3.62. The van der Waals surface area contributed by atoms with Gasteiger partial charge in [0.15, 0.2) is 5.78 Å². The lowest BCUT2D eigenvalue weighted by atomic mass is 9.90. The second-order valence-corrected chi connectivity index (χ2v) is 5.63. The molecule has 0 saturated carbocycles. The first-order valence-corrected chi connectivity index (χ1v) is 8.05. The molecule has 8 heteroatoms. The van der Waals surface area contributed by atoms with Crippen molar-refractivity contribution in [3.63, 3.8) is 0 Å². The van der Waals surface area contributed by atoms with Crippen LogP contribution in [-0.4, -0.2) is 42.9 Å². The van der Waals surface area contributed by atoms with Gasteiger partial charge in [0.05, 0.1) is 19.6 Å². The number of ether oxygens (including phenoxy) is 2. The van der Waals surface area contributed by atoms with Crippen molar-refractivity contribution in [2.24, 2.45) is 0 Å². The van der Waals surface area contributed by atoms with Gasteiger partial charge in [-0.05, 0) is 26.0 Å². The Bertz CT molecular complexity index is 613. The zero-order valence-corrected chi connectivity index (χ0v) is 14.9. The first-order chi connectivity index (χ1) is 11.4. The van der Waals surface area contributed by atoms with Crippen molar-refractivity contribution in [2.45, 2.75) is 25.8 Å². The van der Waals surface area contributed by atoms with Crippen LogP contribution in [-0.2, 0) is 23.9 Å². The monoisotopic (exact) mass is 399 g/mol. The highest BCUT2D eigenvalue weighted by molar-refractivity contribution is 9.10. The molecule has 1 aromatic carbocycles. The van der Waals surface area contributed by atoms with Crippen molar-refractivity contribution in [3.05, 3.63) is 34.3 Å². The van der Waals surface area contributed by atoms with Crippen LogP contribution in [0, 0.1) is 0 Å². The van der Waals surface area contributed by atoms with Gasteiger partial charge in [-0.3, -0.25) is 9.59 Å². The Morgan fingerprint density at radius 1 is 1.17 bits per heavy atom. The molecule has 1 N–H and O–H groups in total. The van der Waals surface area contributed by atoms with Gasteiger partial charge in [0.1, 0.15) is 0 Å². The second-order valence-electron chi connectivity index (χ2n) is 4.72. The lowest BCUT2D eigenvalue weighted by molar-refractivity contribution is -0.167. The molecule has 1 aromatic rings. The number of carbonyl (C=O) groups is 4. The Kier molecular flexibility index (Phi) is 7.57. The molecule has 0 radical (unpaired) electrons. The molecule has 130 valence electrons. The summed E-state index contributed by atoms with van der Waals surface area (Å²) in [4.78, 5) is 48.1. The van der Waals surface area contributed by atoms with E-state index in [4.69, 9.17) is 9.47 Å². The molecule has 0 spiro atoms. The van der Waals surface area contributed by atoms with Crippen LogP contribution in [0.2, 0.25) is 0 Å². The van der Waals surface area contributed by atoms with Gasteiger partial charge in [-0.15, -0.1) is 0 Å². The normalized spacial score (nSPS) is 10.6. The van der Waals surface area contributed by atoms with Crippen molar-refractivity contribution in [1.29, 1.82) is 0 Å². The Morgan fingerprint density at radius 3 is 2.21 bits per heavy atom. The van der Waals surface area contributed by atoms with Crippen LogP contribution in [0.5, 0.6) is 0 Å². The molecule has 0 aliphatic carbocycles. The van der Waals surface area contributed by atoms with Crippen LogP contribution in [0.25, 0.3) is 0 Å². The van der Waals surface area contributed by atoms with Gasteiger partial charge in [-0.1, -0.05) is 28.1 Å². The summed E-state index contributed by atoms with van der Waals surface area (Å²) in [6, 6.07) is 6.45. The van der Waals surface area contributed by atoms with Crippen LogP contribution in [0.1, 0.15) is 30.6 Å². The Labute approximate surface area is 147 Å². The largest absolute Gasteiger partial charge is 0.464 e. The molecule has 1 amide bonds. The number of amides is 1. The molecule has 0 heterocycles. The second kappa shape index (κ2) is 9.17. The van der Waals surface area contributed by atoms with Gasteiger partial charge in [0.2, 0.25) is 11.9 Å². The Balaban J connectivity index is 3.24. The Hall–Kier alpha value is -2.22. The first kappa shape index (κ1) is 19.8. The number of ketones is 1. The minimum absolute atomic E-state index is 0.0222. The molecule has 24 heavy (non-hydrogen) atoms. The van der Waals surface area contributed by atoms with Crippen LogP contribution >= 0.6 is 15.9 Å². The van der Waals surface area contributed by atoms with E-state index < -0.39 is 29.7 Å². The maximum absolute atomic E-state index is 12.5. The average Bonchev–Trinajstić information content (AvgIpc) is 2.54. The molecule has 0 bridgehead atoms. The number of nitrogens with one attached hydrogen (secondary N) is 1. The van der Waals surface area contributed by atoms with E-state index in [1.165, 1.54) is 6.07 Å². The van der Waals surface area contributed by atoms with Crippen molar-refractivity contribution in [3.8, 4) is 0 Å². The summed E-state index contributed by atoms with van der Waals surface area (Å²) in [7, 11) is 0. The molecule has 0 atom stereocenters. The first-order valence-electron chi connectivity index (χ1n) is 7.25. The molecular weight excluding hydrogens is 382 g/mol. The molecular formula is C16H18BrNO6. The van der Waals surface area contributed by atoms with E-state index in [-0.39, 0.29) is 25.2 Å². The summed E-state index contributed by atoms with van der Waals surface area (Å²) in [5, 5.41) is 2.12. The quantitative estimate of drug-likeness (QED) is 0.293. The van der Waals surface area contributed by atoms with Crippen LogP contribution in [0.15, 0.2) is 28.7 Å². The molecule has 0 unspecified atom stereocenters. The molecule has 0 aliphatic heterocycles. The topological polar surface area (TPSA) is 98.8 Å². The smallest absolute Gasteiger partial charge is 0.344 e. The van der Waals surface area contributed by atoms with Crippen molar-refractivity contribution >= 4 is 40.1 Å². The van der Waals surface area contributed by atoms with E-state index in [1.807, 2.05) is 0 Å². The highest BCUT2D eigenvalue weighted by Gasteiger charge is 2.50. The highest BCUT2D eigenvalue weighted by atomic mass is 79.9. The van der Waals surface area contributed by atoms with Crippen molar-refractivity contribution in [2.75, 3.05) is 13.2 Å². The number of hydrogen-bond acceptors (Lipinski definition) is 6. The van der Waals surface area contributed by atoms with Gasteiger partial charge in [-0.2, -0.15) is 0 Å². The van der Waals surface area contributed by atoms with Crippen molar-refractivity contribution in [1.82, 2.24) is 5.32 Å². The maximum Gasteiger partial charge on any atom is 0.344 e. The Morgan fingerprint density at radius 2 is 1.75 bits per heavy atom. The summed E-state index contributed by atoms with van der Waals surface area (Å²) in [5.74, 6) is -2.61. The number of hydrogen-bond donors (Lipinski definition) is 1. The lowest BCUT2D eigenvalue weighted by Gasteiger charge is -2.27. The van der Waals surface area contributed by atoms with Crippen molar-refractivity contribution < 1.29 is 28.7 Å². The van der Waals surface area contributed by atoms with E-state index >= 15 is 0 Å². The standard InChI is InChI=1S/C16H18BrNO6/c1-3-23-14(21)16(18-10-19,15(22)24-4-2)9-13(20)11-6-5-7-12(17)8-11/h5-8,10H,3-4,9H2,1-2H3,(H,18,19). The number of esters is 2. The SMILES string of the molecule is CCOC(=O)C(CC(=O)c1cccc(Br)c1)(NC=O)C(=O)OCC. The van der Waals surface area contributed by atoms with Crippen LogP contribution in [0.4, 0.5) is 0 Å². The van der Waals surface area contributed by atoms with Gasteiger partial charge in [-0.25, -0.2) is 9.59 Å². The van der Waals surface area contributed by atoms with Crippen LogP contribution in [0.3, 0.4) is 0 Å². The summed E-state index contributed by atoms with van der Waals surface area (Å²) in [6.07, 6.45) is -0.443. The molecule has 0 saturated heterocycles. The molecule has 7 nitrogen and oxygen atoms in total. The molecule has 0 aliphatic rings. The van der Waals surface area contributed by atoms with E-state index in [2.05, 4.69) is 21.2 Å². The summed E-state index contributed by atoms with van der Waals surface area (Å²) >= 11 is 3.24. The van der Waals surface area contributed by atoms with E-state index in [1.54, 1.807) is 32.0 Å². The predicted molar refractivity (Wildman–Crippen MR) is 88.3 cm³/mol. The van der Waals surface area contributed by atoms with E-state index in [0.717, 1.165) is 0 Å². The predicted octanol–water partition coefficient (Wildman–Crippen LogP) is 1.63. The zero-order chi connectivity index (χ0) is 18.2. The number of benzene rings is 1. The minimum atomic E-state index is -2.22. The fraction of sp³-hybridized carbons (Fsp3) is 0.375. The fourth-order valence-corrected chi connectivity index (χ4v) is 2.41. The molecule has 1 rings (SSSR count). The minimum Gasteiger partial charge on any atom is -0.464 e. The highest BCUT2D eigenvalue weighted by Crippen LogP contribution is 2.21. The van der Waals surface area contributed by atoms with E-state index in [9.17, 15) is 19.2 Å². The maximum atomic E-state index is 12.5. The lowest BCUT2D eigenvalue weighted by Crippen LogP contribution is -2.60. The third-order valence-electron chi connectivity index (χ3n) is 3.13. The van der Waals surface area contributed by atoms with Gasteiger partial charge >= 0.3 is 11.9 Å². The molecule has 0 fully saturated rings. The van der Waals surface area contributed by atoms with Gasteiger partial charge < -0.3 is 14.8 Å². The zero-order valence-electron chi connectivity index (χ0n) is 13.3. The number of Topliss-reactive ketones (excluding diaryl/α,β-unsaturated/α-hetero) is 1. The van der Waals surface area contributed by atoms with Gasteiger partial charge in [0, 0.05) is 10.0 Å². The average molecular weight is 400 g/mol. The summed E-state index contributed by atoms with van der Waals surface area (Å²) in [6.45, 7) is 3.05. The number of halogens is 1. The third kappa shape index (κ3) is 4.64. The number of carbonyl (C=O) groups excluding carboxylic acids is 4. The van der Waals surface area contributed by atoms with E-state index in [0.29, 0.717) is 4.47 Å². The molecule has 0 aromatic heterocycles. The van der Waals surface area contributed by atoms with Crippen LogP contribution < -0.4 is 5.32 Å². The summed E-state index contributed by atoms with van der Waals surface area (Å²) in [5.41, 5.74) is -1.94. The van der Waals surface area contributed by atoms with Gasteiger partial charge in [0.25, 0.3) is 0 Å². The fourth-order valence-electron chi connectivity index (χ4n) is 2.01.